The van der Waals surface area contributed by atoms with E-state index in [2.05, 4.69) is 15.9 Å². The van der Waals surface area contributed by atoms with Crippen molar-refractivity contribution in [1.82, 2.24) is 4.31 Å². The molecule has 21 heavy (non-hydrogen) atoms. The molecule has 1 aliphatic rings. The zero-order valence-electron chi connectivity index (χ0n) is 11.4. The zero-order chi connectivity index (χ0) is 15.6. The van der Waals surface area contributed by atoms with Crippen LogP contribution in [0.1, 0.15) is 12.8 Å². The summed E-state index contributed by atoms with van der Waals surface area (Å²) in [6.45, 7) is 0.592. The number of nitro groups is 1. The minimum Gasteiger partial charge on any atom is -0.381 e. The Bertz CT molecular complexity index is 641. The second-order valence-corrected chi connectivity index (χ2v) is 7.53. The fourth-order valence-corrected chi connectivity index (χ4v) is 4.46. The number of rotatable bonds is 4. The average molecular weight is 379 g/mol. The average Bonchev–Trinajstić information content (AvgIpc) is 2.47. The number of sulfonamides is 1. The number of piperidine rings is 1. The van der Waals surface area contributed by atoms with Crippen molar-refractivity contribution in [2.45, 2.75) is 23.8 Å². The molecule has 0 amide bonds. The van der Waals surface area contributed by atoms with E-state index in [1.807, 2.05) is 0 Å². The van der Waals surface area contributed by atoms with E-state index in [9.17, 15) is 18.5 Å². The lowest BCUT2D eigenvalue weighted by Crippen LogP contribution is -2.40. The Balaban J connectivity index is 2.36. The minimum absolute atomic E-state index is 0.0361. The molecule has 1 fully saturated rings. The maximum Gasteiger partial charge on any atom is 0.289 e. The van der Waals surface area contributed by atoms with Gasteiger partial charge < -0.3 is 4.74 Å². The molecule has 0 atom stereocenters. The molecule has 0 spiro atoms. The molecule has 116 valence electrons. The van der Waals surface area contributed by atoms with Gasteiger partial charge in [-0.15, -0.1) is 0 Å². The van der Waals surface area contributed by atoms with E-state index in [4.69, 9.17) is 4.74 Å². The van der Waals surface area contributed by atoms with Crippen LogP contribution >= 0.6 is 15.9 Å². The number of benzene rings is 1. The molecule has 0 aliphatic carbocycles. The van der Waals surface area contributed by atoms with Crippen LogP contribution in [0, 0.1) is 10.1 Å². The van der Waals surface area contributed by atoms with Gasteiger partial charge in [0.15, 0.2) is 4.90 Å². The maximum absolute atomic E-state index is 12.6. The fraction of sp³-hybridized carbons (Fsp3) is 0.500. The molecule has 1 aromatic carbocycles. The molecule has 0 unspecified atom stereocenters. The van der Waals surface area contributed by atoms with Gasteiger partial charge in [-0.3, -0.25) is 10.1 Å². The van der Waals surface area contributed by atoms with Gasteiger partial charge in [0, 0.05) is 30.7 Å². The summed E-state index contributed by atoms with van der Waals surface area (Å²) in [7, 11) is -2.29. The van der Waals surface area contributed by atoms with Gasteiger partial charge in [-0.1, -0.05) is 15.9 Å². The fourth-order valence-electron chi connectivity index (χ4n) is 2.29. The third-order valence-electron chi connectivity index (χ3n) is 3.47. The van der Waals surface area contributed by atoms with E-state index >= 15 is 0 Å². The molecule has 0 radical (unpaired) electrons. The first-order valence-corrected chi connectivity index (χ1v) is 8.56. The summed E-state index contributed by atoms with van der Waals surface area (Å²) < 4.78 is 32.2. The molecule has 7 nitrogen and oxygen atoms in total. The van der Waals surface area contributed by atoms with Crippen LogP contribution < -0.4 is 0 Å². The standard InChI is InChI=1S/C12H15BrN2O5S/c1-20-10-4-6-14(7-5-10)21(18,19)12-8-9(13)2-3-11(12)15(16)17/h2-3,8,10H,4-7H2,1H3. The molecule has 0 saturated carbocycles. The van der Waals surface area contributed by atoms with Crippen LogP contribution in [-0.4, -0.2) is 43.9 Å². The second kappa shape index (κ2) is 6.39. The number of nitro benzene ring substituents is 1. The van der Waals surface area contributed by atoms with Gasteiger partial charge in [-0.25, -0.2) is 8.42 Å². The normalized spacial score (nSPS) is 17.8. The first-order chi connectivity index (χ1) is 9.86. The minimum atomic E-state index is -3.89. The summed E-state index contributed by atoms with van der Waals surface area (Å²) in [6, 6.07) is 3.92. The van der Waals surface area contributed by atoms with Crippen molar-refractivity contribution in [2.24, 2.45) is 0 Å². The van der Waals surface area contributed by atoms with Crippen molar-refractivity contribution in [2.75, 3.05) is 20.2 Å². The van der Waals surface area contributed by atoms with Crippen LogP contribution in [-0.2, 0) is 14.8 Å². The number of hydrogen-bond acceptors (Lipinski definition) is 5. The topological polar surface area (TPSA) is 89.8 Å². The van der Waals surface area contributed by atoms with Gasteiger partial charge >= 0.3 is 0 Å². The number of nitrogens with zero attached hydrogens (tertiary/aromatic N) is 2. The summed E-state index contributed by atoms with van der Waals surface area (Å²) in [5.41, 5.74) is -0.410. The van der Waals surface area contributed by atoms with Gasteiger partial charge in [-0.05, 0) is 25.0 Å². The Hall–Kier alpha value is -1.03. The van der Waals surface area contributed by atoms with E-state index in [1.165, 1.54) is 22.5 Å². The van der Waals surface area contributed by atoms with E-state index in [1.54, 1.807) is 7.11 Å². The summed E-state index contributed by atoms with van der Waals surface area (Å²) in [4.78, 5) is 10.1. The Morgan fingerprint density at radius 2 is 2.00 bits per heavy atom. The van der Waals surface area contributed by atoms with E-state index < -0.39 is 20.6 Å². The summed E-state index contributed by atoms with van der Waals surface area (Å²) >= 11 is 3.16. The second-order valence-electron chi connectivity index (χ2n) is 4.71. The highest BCUT2D eigenvalue weighted by Crippen LogP contribution is 2.31. The SMILES string of the molecule is COC1CCN(S(=O)(=O)c2cc(Br)ccc2[N+](=O)[O-])CC1. The Morgan fingerprint density at radius 3 is 2.52 bits per heavy atom. The number of halogens is 1. The monoisotopic (exact) mass is 378 g/mol. The van der Waals surface area contributed by atoms with Crippen LogP contribution in [0.4, 0.5) is 5.69 Å². The molecule has 1 aliphatic heterocycles. The van der Waals surface area contributed by atoms with Crippen molar-refractivity contribution in [3.8, 4) is 0 Å². The molecule has 9 heteroatoms. The summed E-state index contributed by atoms with van der Waals surface area (Å²) in [5, 5.41) is 11.0. The molecular formula is C12H15BrN2O5S. The lowest BCUT2D eigenvalue weighted by molar-refractivity contribution is -0.387. The first-order valence-electron chi connectivity index (χ1n) is 6.33. The van der Waals surface area contributed by atoms with Crippen molar-refractivity contribution in [3.05, 3.63) is 32.8 Å². The van der Waals surface area contributed by atoms with Crippen LogP contribution in [0.2, 0.25) is 0 Å². The molecule has 0 aromatic heterocycles. The van der Waals surface area contributed by atoms with Crippen molar-refractivity contribution >= 4 is 31.6 Å². The molecule has 1 aromatic rings. The largest absolute Gasteiger partial charge is 0.381 e. The quantitative estimate of drug-likeness (QED) is 0.591. The van der Waals surface area contributed by atoms with E-state index in [-0.39, 0.29) is 11.0 Å². The lowest BCUT2D eigenvalue weighted by atomic mass is 10.1. The lowest BCUT2D eigenvalue weighted by Gasteiger charge is -2.30. The highest BCUT2D eigenvalue weighted by atomic mass is 79.9. The van der Waals surface area contributed by atoms with Gasteiger partial charge in [0.25, 0.3) is 5.69 Å². The molecule has 1 saturated heterocycles. The van der Waals surface area contributed by atoms with Crippen molar-refractivity contribution in [3.63, 3.8) is 0 Å². The first kappa shape index (κ1) is 16.3. The molecule has 2 rings (SSSR count). The number of ether oxygens (including phenoxy) is 1. The van der Waals surface area contributed by atoms with Crippen LogP contribution in [0.3, 0.4) is 0 Å². The van der Waals surface area contributed by atoms with Crippen LogP contribution in [0.25, 0.3) is 0 Å². The third-order valence-corrected chi connectivity index (χ3v) is 5.89. The Kier molecular flexibility index (Phi) is 4.97. The Labute approximate surface area is 131 Å². The molecule has 0 N–H and O–H groups in total. The van der Waals surface area contributed by atoms with Crippen molar-refractivity contribution in [1.29, 1.82) is 0 Å². The Morgan fingerprint density at radius 1 is 1.38 bits per heavy atom. The molecular weight excluding hydrogens is 364 g/mol. The van der Waals surface area contributed by atoms with Gasteiger partial charge in [0.1, 0.15) is 0 Å². The maximum atomic E-state index is 12.6. The van der Waals surface area contributed by atoms with Gasteiger partial charge in [0.2, 0.25) is 10.0 Å². The highest BCUT2D eigenvalue weighted by molar-refractivity contribution is 9.10. The van der Waals surface area contributed by atoms with Crippen molar-refractivity contribution < 1.29 is 18.1 Å². The molecule has 0 bridgehead atoms. The van der Waals surface area contributed by atoms with Crippen LogP contribution in [0.5, 0.6) is 0 Å². The number of hydrogen-bond donors (Lipinski definition) is 0. The third kappa shape index (κ3) is 3.42. The summed E-state index contributed by atoms with van der Waals surface area (Å²) in [5.74, 6) is 0. The highest BCUT2D eigenvalue weighted by Gasteiger charge is 2.34. The summed E-state index contributed by atoms with van der Waals surface area (Å²) in [6.07, 6.45) is 1.20. The predicted molar refractivity (Wildman–Crippen MR) is 79.6 cm³/mol. The van der Waals surface area contributed by atoms with E-state index in [0.717, 1.165) is 0 Å². The molecule has 1 heterocycles. The predicted octanol–water partition coefficient (Wildman–Crippen LogP) is 2.16. The van der Waals surface area contributed by atoms with Crippen LogP contribution in [0.15, 0.2) is 27.6 Å². The number of methoxy groups -OCH3 is 1. The van der Waals surface area contributed by atoms with Gasteiger partial charge in [-0.2, -0.15) is 4.31 Å². The zero-order valence-corrected chi connectivity index (χ0v) is 13.8. The van der Waals surface area contributed by atoms with E-state index in [0.29, 0.717) is 30.4 Å². The smallest absolute Gasteiger partial charge is 0.289 e. The van der Waals surface area contributed by atoms with Gasteiger partial charge in [0.05, 0.1) is 11.0 Å².